The van der Waals surface area contributed by atoms with E-state index in [1.54, 1.807) is 0 Å². The summed E-state index contributed by atoms with van der Waals surface area (Å²) in [6, 6.07) is 11.5. The molecule has 1 aromatic heterocycles. The van der Waals surface area contributed by atoms with Crippen LogP contribution in [0.2, 0.25) is 0 Å². The Balaban J connectivity index is 1.50. The van der Waals surface area contributed by atoms with Crippen molar-refractivity contribution in [1.82, 2.24) is 20.0 Å². The first-order valence-corrected chi connectivity index (χ1v) is 11.4. The minimum absolute atomic E-state index is 0.145. The van der Waals surface area contributed by atoms with Crippen molar-refractivity contribution in [2.75, 3.05) is 20.1 Å². The number of nitrogens with zero attached hydrogens (tertiary/aromatic N) is 3. The van der Waals surface area contributed by atoms with Crippen LogP contribution in [0.15, 0.2) is 30.3 Å². The molecule has 1 aromatic carbocycles. The Morgan fingerprint density at radius 1 is 1.07 bits per heavy atom. The average molecular weight is 393 g/mol. The van der Waals surface area contributed by atoms with Gasteiger partial charge in [-0.15, -0.1) is 0 Å². The first-order chi connectivity index (χ1) is 14.2. The lowest BCUT2D eigenvalue weighted by atomic mass is 9.87. The number of benzene rings is 1. The van der Waals surface area contributed by atoms with Crippen LogP contribution in [0.4, 0.5) is 0 Å². The highest BCUT2D eigenvalue weighted by Crippen LogP contribution is 2.39. The van der Waals surface area contributed by atoms with Gasteiger partial charge in [-0.25, -0.2) is 0 Å². The predicted molar refractivity (Wildman–Crippen MR) is 114 cm³/mol. The number of aryl methyl sites for hydroxylation is 1. The van der Waals surface area contributed by atoms with Crippen LogP contribution in [-0.4, -0.2) is 58.1 Å². The zero-order chi connectivity index (χ0) is 19.8. The van der Waals surface area contributed by atoms with E-state index in [9.17, 15) is 4.79 Å². The summed E-state index contributed by atoms with van der Waals surface area (Å²) in [6.07, 6.45) is 9.17. The number of H-pyrrole nitrogens is 1. The van der Waals surface area contributed by atoms with Crippen molar-refractivity contribution in [2.45, 2.75) is 69.4 Å². The van der Waals surface area contributed by atoms with Gasteiger partial charge in [-0.1, -0.05) is 43.2 Å². The minimum Gasteiger partial charge on any atom is -0.332 e. The molecule has 5 rings (SSSR count). The molecule has 2 saturated heterocycles. The van der Waals surface area contributed by atoms with Crippen molar-refractivity contribution >= 4 is 5.91 Å². The topological polar surface area (TPSA) is 52.2 Å². The van der Waals surface area contributed by atoms with E-state index in [4.69, 9.17) is 0 Å². The molecule has 0 radical (unpaired) electrons. The fourth-order valence-corrected chi connectivity index (χ4v) is 5.91. The van der Waals surface area contributed by atoms with Gasteiger partial charge in [0, 0.05) is 35.8 Å². The van der Waals surface area contributed by atoms with Crippen molar-refractivity contribution in [3.05, 3.63) is 52.8 Å². The Bertz CT molecular complexity index is 861. The summed E-state index contributed by atoms with van der Waals surface area (Å²) in [5.74, 6) is 0.509. The van der Waals surface area contributed by atoms with Crippen LogP contribution < -0.4 is 0 Å². The van der Waals surface area contributed by atoms with Gasteiger partial charge in [-0.2, -0.15) is 5.10 Å². The summed E-state index contributed by atoms with van der Waals surface area (Å²) in [7, 11) is 2.25. The van der Waals surface area contributed by atoms with Gasteiger partial charge in [0.1, 0.15) is 0 Å². The standard InChI is InChI=1S/C24H32N4O/c1-27-15-9-3-6-14-21-23(27)19(17-10-4-2-5-11-17)16-28(21)24(29)22-18-12-7-8-13-20(18)25-26-22/h2,4-5,10-11,19,21,23H,3,6-9,12-16H2,1H3,(H,25,26)/t19-,21+,23-/m0/s1. The van der Waals surface area contributed by atoms with Gasteiger partial charge in [-0.05, 0) is 57.7 Å². The van der Waals surface area contributed by atoms with Crippen LogP contribution in [0.3, 0.4) is 0 Å². The van der Waals surface area contributed by atoms with Gasteiger partial charge in [0.2, 0.25) is 0 Å². The molecule has 0 bridgehead atoms. The van der Waals surface area contributed by atoms with Crippen LogP contribution in [0.1, 0.15) is 71.8 Å². The molecule has 3 atom stereocenters. The molecule has 5 nitrogen and oxygen atoms in total. The third-order valence-electron chi connectivity index (χ3n) is 7.37. The third-order valence-corrected chi connectivity index (χ3v) is 7.37. The Kier molecular flexibility index (Phi) is 5.17. The predicted octanol–water partition coefficient (Wildman–Crippen LogP) is 3.77. The van der Waals surface area contributed by atoms with Crippen LogP contribution in [0.25, 0.3) is 0 Å². The van der Waals surface area contributed by atoms with Gasteiger partial charge < -0.3 is 9.80 Å². The zero-order valence-electron chi connectivity index (χ0n) is 17.4. The van der Waals surface area contributed by atoms with Crippen LogP contribution in [0, 0.1) is 0 Å². The highest BCUT2D eigenvalue weighted by molar-refractivity contribution is 5.94. The molecular formula is C24H32N4O. The number of hydrogen-bond acceptors (Lipinski definition) is 3. The number of aromatic amines is 1. The first kappa shape index (κ1) is 18.9. The van der Waals surface area contributed by atoms with E-state index in [1.807, 2.05) is 0 Å². The number of aromatic nitrogens is 2. The Hall–Kier alpha value is -2.14. The quantitative estimate of drug-likeness (QED) is 0.846. The summed E-state index contributed by atoms with van der Waals surface area (Å²) in [6.45, 7) is 1.91. The van der Waals surface area contributed by atoms with Crippen molar-refractivity contribution in [3.8, 4) is 0 Å². The molecule has 1 amide bonds. The summed E-state index contributed by atoms with van der Waals surface area (Å²) in [5.41, 5.74) is 4.41. The van der Waals surface area contributed by atoms with Crippen molar-refractivity contribution in [1.29, 1.82) is 0 Å². The van der Waals surface area contributed by atoms with E-state index in [0.29, 0.717) is 17.7 Å². The van der Waals surface area contributed by atoms with Gasteiger partial charge >= 0.3 is 0 Å². The molecule has 154 valence electrons. The van der Waals surface area contributed by atoms with E-state index in [-0.39, 0.29) is 11.9 Å². The van der Waals surface area contributed by atoms with Gasteiger partial charge in [-0.3, -0.25) is 9.89 Å². The Morgan fingerprint density at radius 3 is 2.76 bits per heavy atom. The molecule has 0 unspecified atom stereocenters. The molecule has 5 heteroatoms. The van der Waals surface area contributed by atoms with E-state index >= 15 is 0 Å². The first-order valence-electron chi connectivity index (χ1n) is 11.4. The fourth-order valence-electron chi connectivity index (χ4n) is 5.91. The average Bonchev–Trinajstić information content (AvgIpc) is 3.34. The lowest BCUT2D eigenvalue weighted by Gasteiger charge is -2.36. The zero-order valence-corrected chi connectivity index (χ0v) is 17.4. The molecule has 2 aliphatic heterocycles. The summed E-state index contributed by atoms with van der Waals surface area (Å²) < 4.78 is 0. The number of carbonyl (C=O) groups excluding carboxylic acids is 1. The lowest BCUT2D eigenvalue weighted by molar-refractivity contribution is 0.0662. The molecule has 1 N–H and O–H groups in total. The van der Waals surface area contributed by atoms with E-state index in [0.717, 1.165) is 38.8 Å². The second-order valence-corrected chi connectivity index (χ2v) is 9.10. The molecule has 3 heterocycles. The highest BCUT2D eigenvalue weighted by atomic mass is 16.2. The summed E-state index contributed by atoms with van der Waals surface area (Å²) in [4.78, 5) is 18.4. The summed E-state index contributed by atoms with van der Waals surface area (Å²) >= 11 is 0. The third kappa shape index (κ3) is 3.39. The lowest BCUT2D eigenvalue weighted by Crippen LogP contribution is -2.47. The van der Waals surface area contributed by atoms with E-state index in [1.165, 1.54) is 42.5 Å². The number of amides is 1. The molecule has 0 saturated carbocycles. The van der Waals surface area contributed by atoms with Crippen LogP contribution >= 0.6 is 0 Å². The highest BCUT2D eigenvalue weighted by Gasteiger charge is 2.47. The van der Waals surface area contributed by atoms with Crippen molar-refractivity contribution in [2.24, 2.45) is 0 Å². The number of carbonyl (C=O) groups is 1. The van der Waals surface area contributed by atoms with E-state index in [2.05, 4.69) is 57.4 Å². The Labute approximate surface area is 173 Å². The summed E-state index contributed by atoms with van der Waals surface area (Å²) in [5, 5.41) is 7.68. The second kappa shape index (κ2) is 7.94. The number of likely N-dealkylation sites (tertiary alicyclic amines) is 2. The van der Waals surface area contributed by atoms with E-state index < -0.39 is 0 Å². The minimum atomic E-state index is 0.145. The van der Waals surface area contributed by atoms with Crippen LogP contribution in [-0.2, 0) is 12.8 Å². The van der Waals surface area contributed by atoms with Crippen molar-refractivity contribution in [3.63, 3.8) is 0 Å². The maximum Gasteiger partial charge on any atom is 0.274 e. The molecule has 1 aliphatic carbocycles. The molecule has 0 spiro atoms. The number of nitrogens with one attached hydrogen (secondary N) is 1. The Morgan fingerprint density at radius 2 is 1.90 bits per heavy atom. The molecular weight excluding hydrogens is 360 g/mol. The number of fused-ring (bicyclic) bond motifs is 2. The number of hydrogen-bond donors (Lipinski definition) is 1. The molecule has 3 aliphatic rings. The van der Waals surface area contributed by atoms with Gasteiger partial charge in [0.15, 0.2) is 5.69 Å². The molecule has 2 fully saturated rings. The monoisotopic (exact) mass is 392 g/mol. The maximum absolute atomic E-state index is 13.7. The number of likely N-dealkylation sites (N-methyl/N-ethyl adjacent to an activating group) is 1. The van der Waals surface area contributed by atoms with Crippen molar-refractivity contribution < 1.29 is 4.79 Å². The smallest absolute Gasteiger partial charge is 0.274 e. The van der Waals surface area contributed by atoms with Crippen LogP contribution in [0.5, 0.6) is 0 Å². The maximum atomic E-state index is 13.7. The normalized spacial score (nSPS) is 27.8. The molecule has 2 aromatic rings. The fraction of sp³-hybridized carbons (Fsp3) is 0.583. The SMILES string of the molecule is CN1CCCCC[C@@H]2[C@@H]1[C@H](c1ccccc1)CN2C(=O)c1n[nH]c2c1CCCC2. The largest absolute Gasteiger partial charge is 0.332 e. The van der Waals surface area contributed by atoms with Gasteiger partial charge in [0.25, 0.3) is 5.91 Å². The second-order valence-electron chi connectivity index (χ2n) is 9.10. The molecule has 29 heavy (non-hydrogen) atoms. The number of rotatable bonds is 2. The van der Waals surface area contributed by atoms with Gasteiger partial charge in [0.05, 0.1) is 0 Å².